The number of nitrogens with one attached hydrogen (secondary N) is 1. The van der Waals surface area contributed by atoms with Gasteiger partial charge < -0.3 is 10.4 Å². The van der Waals surface area contributed by atoms with Gasteiger partial charge in [-0.05, 0) is 29.7 Å². The van der Waals surface area contributed by atoms with Gasteiger partial charge in [0.05, 0.1) is 6.61 Å². The number of amides is 1. The monoisotopic (exact) mass is 421 g/mol. The van der Waals surface area contributed by atoms with E-state index in [1.165, 1.54) is 6.07 Å². The zero-order valence-electron chi connectivity index (χ0n) is 14.3. The Bertz CT molecular complexity index is 752. The largest absolute Gasteiger partial charge is 0.395 e. The Morgan fingerprint density at radius 2 is 1.88 bits per heavy atom. The van der Waals surface area contributed by atoms with Crippen molar-refractivity contribution in [3.8, 4) is 0 Å². The van der Waals surface area contributed by atoms with Gasteiger partial charge in [-0.3, -0.25) is 9.59 Å². The van der Waals surface area contributed by atoms with Gasteiger partial charge in [0.2, 0.25) is 5.91 Å². The summed E-state index contributed by atoms with van der Waals surface area (Å²) in [5, 5.41) is 11.5. The van der Waals surface area contributed by atoms with Gasteiger partial charge in [0.15, 0.2) is 0 Å². The maximum atomic E-state index is 13.9. The minimum absolute atomic E-state index is 0.0155. The molecule has 1 amide bonds. The molecule has 2 rings (SSSR count). The second-order valence-electron chi connectivity index (χ2n) is 6.06. The summed E-state index contributed by atoms with van der Waals surface area (Å²) in [6, 6.07) is 14.0. The summed E-state index contributed by atoms with van der Waals surface area (Å²) in [7, 11) is 0. The van der Waals surface area contributed by atoms with E-state index in [0.717, 1.165) is 5.56 Å². The number of aliphatic hydroxyl groups excluding tert-OH is 1. The summed E-state index contributed by atoms with van der Waals surface area (Å²) in [6.45, 7) is -0.0263. The minimum atomic E-state index is -0.560. The highest BCUT2D eigenvalue weighted by Gasteiger charge is 2.22. The van der Waals surface area contributed by atoms with Crippen LogP contribution in [-0.4, -0.2) is 29.9 Å². The van der Waals surface area contributed by atoms with Crippen molar-refractivity contribution >= 4 is 27.6 Å². The second-order valence-corrected chi connectivity index (χ2v) is 6.97. The number of Topliss-reactive ketones (excluding diaryl/α,β-unsaturated/α-hetero) is 1. The molecule has 26 heavy (non-hydrogen) atoms. The second kappa shape index (κ2) is 10.2. The van der Waals surface area contributed by atoms with Crippen LogP contribution in [0.15, 0.2) is 53.0 Å². The van der Waals surface area contributed by atoms with Crippen LogP contribution in [0.3, 0.4) is 0 Å². The smallest absolute Gasteiger partial charge is 0.223 e. The van der Waals surface area contributed by atoms with Gasteiger partial charge in [-0.2, -0.15) is 0 Å². The fraction of sp³-hybridized carbons (Fsp3) is 0.300. The van der Waals surface area contributed by atoms with E-state index in [4.69, 9.17) is 5.11 Å². The molecule has 6 heteroatoms. The van der Waals surface area contributed by atoms with Gasteiger partial charge in [0.25, 0.3) is 0 Å². The first kappa shape index (κ1) is 20.3. The van der Waals surface area contributed by atoms with Crippen molar-refractivity contribution in [1.29, 1.82) is 0 Å². The molecule has 0 aliphatic carbocycles. The van der Waals surface area contributed by atoms with E-state index in [-0.39, 0.29) is 37.7 Å². The lowest BCUT2D eigenvalue weighted by molar-refractivity contribution is -0.129. The van der Waals surface area contributed by atoms with E-state index in [2.05, 4.69) is 21.2 Å². The molecular weight excluding hydrogens is 401 g/mol. The van der Waals surface area contributed by atoms with Gasteiger partial charge >= 0.3 is 0 Å². The third-order valence-electron chi connectivity index (χ3n) is 3.98. The molecule has 0 aliphatic rings. The van der Waals surface area contributed by atoms with Crippen LogP contribution >= 0.6 is 15.9 Å². The standard InChI is InChI=1S/C20H21BrFNO3/c21-17-7-6-15(19(22)13-17)11-18(25)12-16(20(26)23-8-9-24)10-14-4-2-1-3-5-14/h1-7,13,16,24H,8-12H2,(H,23,26)/t16-/m1/s1. The van der Waals surface area contributed by atoms with Crippen LogP contribution in [0.5, 0.6) is 0 Å². The third-order valence-corrected chi connectivity index (χ3v) is 4.48. The quantitative estimate of drug-likeness (QED) is 0.653. The van der Waals surface area contributed by atoms with Gasteiger partial charge in [-0.15, -0.1) is 0 Å². The highest BCUT2D eigenvalue weighted by Crippen LogP contribution is 2.19. The number of carbonyl (C=O) groups is 2. The third kappa shape index (κ3) is 6.35. The zero-order valence-corrected chi connectivity index (χ0v) is 15.8. The van der Waals surface area contributed by atoms with Gasteiger partial charge in [0.1, 0.15) is 11.6 Å². The number of aliphatic hydroxyl groups is 1. The van der Waals surface area contributed by atoms with Crippen molar-refractivity contribution in [3.05, 3.63) is 69.9 Å². The summed E-state index contributed by atoms with van der Waals surface area (Å²) in [6.07, 6.45) is 0.367. The highest BCUT2D eigenvalue weighted by molar-refractivity contribution is 9.10. The Labute approximate surface area is 160 Å². The minimum Gasteiger partial charge on any atom is -0.395 e. The van der Waals surface area contributed by atoms with Crippen LogP contribution in [0, 0.1) is 11.7 Å². The van der Waals surface area contributed by atoms with Crippen LogP contribution in [-0.2, 0) is 22.4 Å². The van der Waals surface area contributed by atoms with E-state index in [1.54, 1.807) is 12.1 Å². The number of rotatable bonds is 9. The molecule has 1 atom stereocenters. The van der Waals surface area contributed by atoms with Crippen LogP contribution in [0.1, 0.15) is 17.5 Å². The van der Waals surface area contributed by atoms with Crippen molar-refractivity contribution in [1.82, 2.24) is 5.32 Å². The lowest BCUT2D eigenvalue weighted by atomic mass is 9.91. The molecule has 0 bridgehead atoms. The van der Waals surface area contributed by atoms with Crippen molar-refractivity contribution in [2.75, 3.05) is 13.2 Å². The molecule has 0 unspecified atom stereocenters. The average Bonchev–Trinajstić information content (AvgIpc) is 2.62. The first-order valence-corrected chi connectivity index (χ1v) is 9.17. The summed E-state index contributed by atoms with van der Waals surface area (Å²) in [5.74, 6) is -1.49. The number of benzene rings is 2. The highest BCUT2D eigenvalue weighted by atomic mass is 79.9. The van der Waals surface area contributed by atoms with Crippen LogP contribution in [0.4, 0.5) is 4.39 Å². The molecule has 0 spiro atoms. The number of halogens is 2. The molecule has 0 saturated heterocycles. The van der Waals surface area contributed by atoms with Crippen molar-refractivity contribution in [3.63, 3.8) is 0 Å². The van der Waals surface area contributed by atoms with E-state index in [0.29, 0.717) is 16.5 Å². The van der Waals surface area contributed by atoms with Crippen LogP contribution in [0.2, 0.25) is 0 Å². The zero-order chi connectivity index (χ0) is 18.9. The van der Waals surface area contributed by atoms with E-state index >= 15 is 0 Å². The molecule has 138 valence electrons. The Kier molecular flexibility index (Phi) is 7.94. The molecule has 0 fully saturated rings. The van der Waals surface area contributed by atoms with E-state index in [9.17, 15) is 14.0 Å². The fourth-order valence-electron chi connectivity index (χ4n) is 2.70. The molecule has 0 saturated carbocycles. The molecule has 4 nitrogen and oxygen atoms in total. The fourth-order valence-corrected chi connectivity index (χ4v) is 3.04. The Morgan fingerprint density at radius 1 is 1.15 bits per heavy atom. The first-order valence-electron chi connectivity index (χ1n) is 8.37. The van der Waals surface area contributed by atoms with Crippen molar-refractivity contribution in [2.24, 2.45) is 5.92 Å². The first-order chi connectivity index (χ1) is 12.5. The summed E-state index contributed by atoms with van der Waals surface area (Å²) in [5.41, 5.74) is 1.26. The molecule has 0 aromatic heterocycles. The van der Waals surface area contributed by atoms with E-state index < -0.39 is 11.7 Å². The molecule has 0 heterocycles. The number of hydrogen-bond acceptors (Lipinski definition) is 3. The summed E-state index contributed by atoms with van der Waals surface area (Å²) >= 11 is 3.18. The van der Waals surface area contributed by atoms with Crippen molar-refractivity contribution < 1.29 is 19.1 Å². The van der Waals surface area contributed by atoms with Crippen molar-refractivity contribution in [2.45, 2.75) is 19.3 Å². The Morgan fingerprint density at radius 3 is 2.54 bits per heavy atom. The normalized spacial score (nSPS) is 11.8. The van der Waals surface area contributed by atoms with Crippen LogP contribution in [0.25, 0.3) is 0 Å². The number of hydrogen-bond donors (Lipinski definition) is 2. The molecule has 0 aliphatic heterocycles. The molecule has 2 N–H and O–H groups in total. The van der Waals surface area contributed by atoms with Gasteiger partial charge in [-0.25, -0.2) is 4.39 Å². The Hall–Kier alpha value is -2.05. The Balaban J connectivity index is 2.06. The van der Waals surface area contributed by atoms with Gasteiger partial charge in [-0.1, -0.05) is 52.3 Å². The molecule has 2 aromatic rings. The topological polar surface area (TPSA) is 66.4 Å². The lowest BCUT2D eigenvalue weighted by Gasteiger charge is -2.16. The predicted octanol–water partition coefficient (Wildman–Crippen LogP) is 3.06. The lowest BCUT2D eigenvalue weighted by Crippen LogP contribution is -2.35. The molecular formula is C20H21BrFNO3. The van der Waals surface area contributed by atoms with Gasteiger partial charge in [0, 0.05) is 29.8 Å². The van der Waals surface area contributed by atoms with E-state index in [1.807, 2.05) is 30.3 Å². The summed E-state index contributed by atoms with van der Waals surface area (Å²) < 4.78 is 14.5. The molecule has 0 radical (unpaired) electrons. The molecule has 2 aromatic carbocycles. The number of carbonyl (C=O) groups excluding carboxylic acids is 2. The SMILES string of the molecule is O=C(Cc1ccc(Br)cc1F)C[C@@H](Cc1ccccc1)C(=O)NCCO. The maximum absolute atomic E-state index is 13.9. The maximum Gasteiger partial charge on any atom is 0.223 e. The van der Waals surface area contributed by atoms with Crippen LogP contribution < -0.4 is 5.32 Å². The average molecular weight is 422 g/mol. The predicted molar refractivity (Wildman–Crippen MR) is 101 cm³/mol. The summed E-state index contributed by atoms with van der Waals surface area (Å²) in [4.78, 5) is 24.8. The number of ketones is 1.